The molecule has 4 rings (SSSR count). The Kier molecular flexibility index (Phi) is 6.01. The summed E-state index contributed by atoms with van der Waals surface area (Å²) in [5.74, 6) is 1.59. The fraction of sp³-hybridized carbons (Fsp3) is 0.440. The van der Waals surface area contributed by atoms with Gasteiger partial charge in [0.05, 0.1) is 23.8 Å². The zero-order chi connectivity index (χ0) is 22.1. The number of amides is 1. The molecule has 0 radical (unpaired) electrons. The highest BCUT2D eigenvalue weighted by Crippen LogP contribution is 2.30. The average molecular weight is 421 g/mol. The normalized spacial score (nSPS) is 15.5. The summed E-state index contributed by atoms with van der Waals surface area (Å²) in [5.41, 5.74) is 3.50. The second-order valence-corrected chi connectivity index (χ2v) is 8.65. The van der Waals surface area contributed by atoms with Gasteiger partial charge < -0.3 is 14.5 Å². The number of rotatable bonds is 5. The lowest BCUT2D eigenvalue weighted by molar-refractivity contribution is 0.0615. The van der Waals surface area contributed by atoms with Crippen LogP contribution in [0.15, 0.2) is 42.5 Å². The molecule has 1 aliphatic rings. The largest absolute Gasteiger partial charge is 0.495 e. The molecule has 6 nitrogen and oxygen atoms in total. The number of para-hydroxylation sites is 2. The lowest BCUT2D eigenvalue weighted by atomic mass is 10.0. The highest BCUT2D eigenvalue weighted by atomic mass is 16.5. The zero-order valence-corrected chi connectivity index (χ0v) is 19.1. The summed E-state index contributed by atoms with van der Waals surface area (Å²) >= 11 is 0. The first-order valence-electron chi connectivity index (χ1n) is 11.0. The van der Waals surface area contributed by atoms with E-state index < -0.39 is 0 Å². The van der Waals surface area contributed by atoms with Gasteiger partial charge in [0.2, 0.25) is 0 Å². The van der Waals surface area contributed by atoms with Crippen LogP contribution in [0, 0.1) is 6.92 Å². The fourth-order valence-corrected chi connectivity index (χ4v) is 4.60. The van der Waals surface area contributed by atoms with Crippen LogP contribution in [0.5, 0.6) is 5.75 Å². The molecule has 1 fully saturated rings. The molecule has 164 valence electrons. The number of fused-ring (bicyclic) bond motifs is 1. The van der Waals surface area contributed by atoms with Crippen molar-refractivity contribution in [3.63, 3.8) is 0 Å². The standard InChI is InChI=1S/C25H32N4O2/c1-17(2)28-14-12-20(13-15-28)27(4)25(30)19-10-11-23(24(16-19)31-5)29-18(3)26-21-8-6-7-9-22(21)29/h6-11,16-17,20H,12-15H2,1-5H3. The number of methoxy groups -OCH3 is 1. The maximum Gasteiger partial charge on any atom is 0.253 e. The second-order valence-electron chi connectivity index (χ2n) is 8.65. The van der Waals surface area contributed by atoms with Gasteiger partial charge in [-0.25, -0.2) is 4.98 Å². The summed E-state index contributed by atoms with van der Waals surface area (Å²) in [6.45, 7) is 8.52. The van der Waals surface area contributed by atoms with Crippen molar-refractivity contribution < 1.29 is 9.53 Å². The van der Waals surface area contributed by atoms with Crippen molar-refractivity contribution in [3.05, 3.63) is 53.9 Å². The topological polar surface area (TPSA) is 50.6 Å². The van der Waals surface area contributed by atoms with Crippen molar-refractivity contribution in [2.75, 3.05) is 27.2 Å². The van der Waals surface area contributed by atoms with Gasteiger partial charge in [-0.05, 0) is 63.9 Å². The fourth-order valence-electron chi connectivity index (χ4n) is 4.60. The maximum atomic E-state index is 13.2. The molecule has 1 aliphatic heterocycles. The van der Waals surface area contributed by atoms with Crippen molar-refractivity contribution in [1.29, 1.82) is 0 Å². The van der Waals surface area contributed by atoms with E-state index in [1.54, 1.807) is 7.11 Å². The first-order chi connectivity index (χ1) is 14.9. The van der Waals surface area contributed by atoms with Crippen LogP contribution in [0.3, 0.4) is 0 Å². The third-order valence-corrected chi connectivity index (χ3v) is 6.49. The molecule has 0 aliphatic carbocycles. The van der Waals surface area contributed by atoms with Crippen LogP contribution in [0.4, 0.5) is 0 Å². The molecular weight excluding hydrogens is 388 g/mol. The van der Waals surface area contributed by atoms with Crippen molar-refractivity contribution in [3.8, 4) is 11.4 Å². The predicted molar refractivity (Wildman–Crippen MR) is 124 cm³/mol. The van der Waals surface area contributed by atoms with Crippen molar-refractivity contribution in [1.82, 2.24) is 19.4 Å². The number of piperidine rings is 1. The number of aryl methyl sites for hydroxylation is 1. The molecule has 0 N–H and O–H groups in total. The summed E-state index contributed by atoms with van der Waals surface area (Å²) in [4.78, 5) is 22.3. The summed E-state index contributed by atoms with van der Waals surface area (Å²) in [5, 5.41) is 0. The van der Waals surface area contributed by atoms with Gasteiger partial charge in [0, 0.05) is 37.8 Å². The molecule has 1 aromatic heterocycles. The third kappa shape index (κ3) is 4.04. The van der Waals surface area contributed by atoms with Crippen LogP contribution in [0.2, 0.25) is 0 Å². The number of imidazole rings is 1. The lowest BCUT2D eigenvalue weighted by Crippen LogP contribution is -2.47. The summed E-state index contributed by atoms with van der Waals surface area (Å²) < 4.78 is 7.78. The van der Waals surface area contributed by atoms with Crippen molar-refractivity contribution in [2.45, 2.75) is 45.7 Å². The molecular formula is C25H32N4O2. The summed E-state index contributed by atoms with van der Waals surface area (Å²) in [7, 11) is 3.57. The number of carbonyl (C=O) groups excluding carboxylic acids is 1. The second kappa shape index (κ2) is 8.71. The van der Waals surface area contributed by atoms with Gasteiger partial charge in [-0.15, -0.1) is 0 Å². The molecule has 1 saturated heterocycles. The molecule has 0 spiro atoms. The molecule has 2 heterocycles. The van der Waals surface area contributed by atoms with Gasteiger partial charge in [0.25, 0.3) is 5.91 Å². The highest BCUT2D eigenvalue weighted by molar-refractivity contribution is 5.95. The minimum Gasteiger partial charge on any atom is -0.495 e. The Labute approximate surface area is 184 Å². The Bertz CT molecular complexity index is 1080. The maximum absolute atomic E-state index is 13.2. The van der Waals surface area contributed by atoms with Gasteiger partial charge >= 0.3 is 0 Å². The Morgan fingerprint density at radius 3 is 2.55 bits per heavy atom. The summed E-state index contributed by atoms with van der Waals surface area (Å²) in [6.07, 6.45) is 2.02. The minimum atomic E-state index is 0.0417. The van der Waals surface area contributed by atoms with E-state index >= 15 is 0 Å². The number of ether oxygens (including phenoxy) is 1. The van der Waals surface area contributed by atoms with E-state index in [1.807, 2.05) is 61.3 Å². The average Bonchev–Trinajstić information content (AvgIpc) is 3.13. The van der Waals surface area contributed by atoms with E-state index in [4.69, 9.17) is 4.74 Å². The van der Waals surface area contributed by atoms with Crippen molar-refractivity contribution >= 4 is 16.9 Å². The number of nitrogens with zero attached hydrogens (tertiary/aromatic N) is 4. The Balaban J connectivity index is 1.59. The smallest absolute Gasteiger partial charge is 0.253 e. The Morgan fingerprint density at radius 1 is 1.16 bits per heavy atom. The van der Waals surface area contributed by atoms with Crippen molar-refractivity contribution in [2.24, 2.45) is 0 Å². The number of benzene rings is 2. The first kappa shape index (κ1) is 21.4. The molecule has 31 heavy (non-hydrogen) atoms. The van der Waals surface area contributed by atoms with E-state index in [-0.39, 0.29) is 11.9 Å². The van der Waals surface area contributed by atoms with Gasteiger partial charge in [-0.3, -0.25) is 9.36 Å². The molecule has 0 unspecified atom stereocenters. The predicted octanol–water partition coefficient (Wildman–Crippen LogP) is 4.29. The number of hydrogen-bond donors (Lipinski definition) is 0. The molecule has 0 bridgehead atoms. The number of hydrogen-bond acceptors (Lipinski definition) is 4. The minimum absolute atomic E-state index is 0.0417. The zero-order valence-electron chi connectivity index (χ0n) is 19.1. The van der Waals surface area contributed by atoms with Gasteiger partial charge in [-0.1, -0.05) is 12.1 Å². The van der Waals surface area contributed by atoms with Crippen LogP contribution in [-0.4, -0.2) is 64.6 Å². The van der Waals surface area contributed by atoms with Crippen LogP contribution >= 0.6 is 0 Å². The molecule has 2 aromatic carbocycles. The summed E-state index contributed by atoms with van der Waals surface area (Å²) in [6, 6.07) is 14.6. The molecule has 6 heteroatoms. The molecule has 1 amide bonds. The first-order valence-corrected chi connectivity index (χ1v) is 11.0. The monoisotopic (exact) mass is 420 g/mol. The van der Waals surface area contributed by atoms with Crippen LogP contribution < -0.4 is 4.74 Å². The quantitative estimate of drug-likeness (QED) is 0.618. The van der Waals surface area contributed by atoms with Gasteiger partial charge in [0.15, 0.2) is 0 Å². The van der Waals surface area contributed by atoms with E-state index in [0.29, 0.717) is 17.4 Å². The third-order valence-electron chi connectivity index (χ3n) is 6.49. The highest BCUT2D eigenvalue weighted by Gasteiger charge is 2.27. The van der Waals surface area contributed by atoms with Gasteiger partial charge in [0.1, 0.15) is 11.6 Å². The lowest BCUT2D eigenvalue weighted by Gasteiger charge is -2.38. The number of carbonyl (C=O) groups is 1. The van der Waals surface area contributed by atoms with E-state index in [9.17, 15) is 4.79 Å². The van der Waals surface area contributed by atoms with Crippen LogP contribution in [0.1, 0.15) is 42.9 Å². The number of likely N-dealkylation sites (tertiary alicyclic amines) is 1. The van der Waals surface area contributed by atoms with Crippen LogP contribution in [-0.2, 0) is 0 Å². The molecule has 3 aromatic rings. The van der Waals surface area contributed by atoms with Gasteiger partial charge in [-0.2, -0.15) is 0 Å². The van der Waals surface area contributed by atoms with E-state index in [0.717, 1.165) is 48.5 Å². The van der Waals surface area contributed by atoms with E-state index in [2.05, 4.69) is 28.3 Å². The molecule has 0 saturated carbocycles. The number of aromatic nitrogens is 2. The Hall–Kier alpha value is -2.86. The van der Waals surface area contributed by atoms with E-state index in [1.165, 1.54) is 0 Å². The molecule has 0 atom stereocenters. The SMILES string of the molecule is COc1cc(C(=O)N(C)C2CCN(C(C)C)CC2)ccc1-n1c(C)nc2ccccc21. The Morgan fingerprint density at radius 2 is 1.87 bits per heavy atom. The van der Waals surface area contributed by atoms with Crippen LogP contribution in [0.25, 0.3) is 16.7 Å².